The van der Waals surface area contributed by atoms with Crippen LogP contribution >= 0.6 is 24.0 Å². The van der Waals surface area contributed by atoms with E-state index in [2.05, 4.69) is 10.3 Å². The van der Waals surface area contributed by atoms with Gasteiger partial charge in [0.2, 0.25) is 0 Å². The number of carbonyl (C=O) groups excluding carboxylic acids is 1. The lowest BCUT2D eigenvalue weighted by molar-refractivity contribution is -0.123. The van der Waals surface area contributed by atoms with Crippen LogP contribution in [-0.4, -0.2) is 43.8 Å². The third kappa shape index (κ3) is 4.57. The summed E-state index contributed by atoms with van der Waals surface area (Å²) in [5.41, 5.74) is 1.66. The number of benzene rings is 1. The molecule has 0 aliphatic carbocycles. The molecule has 2 aromatic heterocycles. The molecular formula is C24H22N4O3S2. The van der Waals surface area contributed by atoms with E-state index in [9.17, 15) is 9.59 Å². The molecule has 3 aromatic rings. The first-order chi connectivity index (χ1) is 16.1. The zero-order valence-corrected chi connectivity index (χ0v) is 19.4. The van der Waals surface area contributed by atoms with E-state index in [1.165, 1.54) is 16.2 Å². The number of thiocarbonyl (C=S) groups is 1. The number of anilines is 1. The summed E-state index contributed by atoms with van der Waals surface area (Å²) in [6.07, 6.45) is 5.19. The van der Waals surface area contributed by atoms with Crippen molar-refractivity contribution in [3.05, 3.63) is 81.1 Å². The first-order valence-electron chi connectivity index (χ1n) is 10.8. The fourth-order valence-corrected chi connectivity index (χ4v) is 5.19. The van der Waals surface area contributed by atoms with Crippen molar-refractivity contribution in [2.24, 2.45) is 0 Å². The van der Waals surface area contributed by atoms with E-state index in [1.54, 1.807) is 29.3 Å². The summed E-state index contributed by atoms with van der Waals surface area (Å²) in [6, 6.07) is 15.2. The van der Waals surface area contributed by atoms with Gasteiger partial charge in [-0.1, -0.05) is 60.4 Å². The second-order valence-electron chi connectivity index (χ2n) is 7.87. The van der Waals surface area contributed by atoms with Gasteiger partial charge in [0, 0.05) is 19.3 Å². The van der Waals surface area contributed by atoms with Crippen molar-refractivity contribution in [2.45, 2.75) is 25.5 Å². The highest BCUT2D eigenvalue weighted by molar-refractivity contribution is 8.26. The van der Waals surface area contributed by atoms with Gasteiger partial charge in [-0.25, -0.2) is 4.98 Å². The number of nitrogens with zero attached hydrogens (tertiary/aromatic N) is 3. The number of carbonyl (C=O) groups is 1. The zero-order chi connectivity index (χ0) is 22.8. The molecule has 2 aliphatic rings. The molecular weight excluding hydrogens is 456 g/mol. The van der Waals surface area contributed by atoms with E-state index in [-0.39, 0.29) is 17.6 Å². The molecule has 0 bridgehead atoms. The molecule has 33 heavy (non-hydrogen) atoms. The van der Waals surface area contributed by atoms with Crippen LogP contribution in [0.4, 0.5) is 5.82 Å². The van der Waals surface area contributed by atoms with Crippen molar-refractivity contribution in [3.63, 3.8) is 0 Å². The van der Waals surface area contributed by atoms with Gasteiger partial charge in [0.15, 0.2) is 0 Å². The molecule has 7 nitrogen and oxygen atoms in total. The Labute approximate surface area is 200 Å². The number of nitrogens with one attached hydrogen (secondary N) is 1. The van der Waals surface area contributed by atoms with Crippen LogP contribution in [0.5, 0.6) is 0 Å². The normalized spacial score (nSPS) is 19.7. The third-order valence-electron chi connectivity index (χ3n) is 5.63. The Balaban J connectivity index is 1.50. The van der Waals surface area contributed by atoms with Gasteiger partial charge >= 0.3 is 0 Å². The topological polar surface area (TPSA) is 75.9 Å². The fraction of sp³-hybridized carbons (Fsp3) is 0.250. The molecule has 0 spiro atoms. The van der Waals surface area contributed by atoms with E-state index in [0.717, 1.165) is 18.4 Å². The Bertz CT molecular complexity index is 1300. The summed E-state index contributed by atoms with van der Waals surface area (Å²) in [5.74, 6) is 0.228. The molecule has 1 aromatic carbocycles. The SMILES string of the molecule is O=C1/C(=C/c2c(NCc3ccccc3)nc3ccccn3c2=O)SC(=S)N1CC1CCCO1. The maximum absolute atomic E-state index is 13.3. The van der Waals surface area contributed by atoms with E-state index in [1.807, 2.05) is 36.4 Å². The van der Waals surface area contributed by atoms with Gasteiger partial charge in [-0.05, 0) is 36.6 Å². The van der Waals surface area contributed by atoms with Crippen molar-refractivity contribution < 1.29 is 9.53 Å². The van der Waals surface area contributed by atoms with Crippen LogP contribution < -0.4 is 10.9 Å². The number of ether oxygens (including phenoxy) is 1. The van der Waals surface area contributed by atoms with Gasteiger partial charge in [-0.3, -0.25) is 18.9 Å². The molecule has 0 saturated carbocycles. The molecule has 2 fully saturated rings. The summed E-state index contributed by atoms with van der Waals surface area (Å²) < 4.78 is 7.63. The molecule has 1 atom stereocenters. The van der Waals surface area contributed by atoms with Crippen LogP contribution in [0.15, 0.2) is 64.4 Å². The number of hydrogen-bond acceptors (Lipinski definition) is 7. The monoisotopic (exact) mass is 478 g/mol. The van der Waals surface area contributed by atoms with Gasteiger partial charge in [0.05, 0.1) is 23.1 Å². The number of rotatable bonds is 6. The highest BCUT2D eigenvalue weighted by Gasteiger charge is 2.35. The van der Waals surface area contributed by atoms with Gasteiger partial charge < -0.3 is 10.1 Å². The smallest absolute Gasteiger partial charge is 0.267 e. The second kappa shape index (κ2) is 9.46. The highest BCUT2D eigenvalue weighted by atomic mass is 32.2. The number of hydrogen-bond donors (Lipinski definition) is 1. The molecule has 1 unspecified atom stereocenters. The average molecular weight is 479 g/mol. The number of fused-ring (bicyclic) bond motifs is 1. The Morgan fingerprint density at radius 1 is 1.18 bits per heavy atom. The van der Waals surface area contributed by atoms with E-state index < -0.39 is 0 Å². The molecule has 9 heteroatoms. The molecule has 2 saturated heterocycles. The maximum Gasteiger partial charge on any atom is 0.267 e. The van der Waals surface area contributed by atoms with Gasteiger partial charge in [-0.2, -0.15) is 0 Å². The van der Waals surface area contributed by atoms with Crippen LogP contribution in [0.3, 0.4) is 0 Å². The zero-order valence-electron chi connectivity index (χ0n) is 17.8. The van der Waals surface area contributed by atoms with Crippen molar-refractivity contribution in [3.8, 4) is 0 Å². The fourth-order valence-electron chi connectivity index (χ4n) is 3.93. The Morgan fingerprint density at radius 3 is 2.79 bits per heavy atom. The first kappa shape index (κ1) is 21.8. The minimum absolute atomic E-state index is 0.00270. The molecule has 1 N–H and O–H groups in total. The standard InChI is InChI=1S/C24H22N4O3S2/c29-22-18(13-19-23(30)28(24(32)33-19)15-17-9-6-12-31-17)21(25-14-16-7-2-1-3-8-16)26-20-10-4-5-11-27(20)22/h1-5,7-8,10-11,13,17,25H,6,9,12,14-15H2/b19-13-. The molecule has 5 rings (SSSR count). The summed E-state index contributed by atoms with van der Waals surface area (Å²) in [4.78, 5) is 33.1. The van der Waals surface area contributed by atoms with E-state index >= 15 is 0 Å². The molecule has 2 aliphatic heterocycles. The van der Waals surface area contributed by atoms with Crippen molar-refractivity contribution in [1.82, 2.24) is 14.3 Å². The largest absolute Gasteiger partial charge is 0.376 e. The molecule has 4 heterocycles. The Hall–Kier alpha value is -3.01. The third-order valence-corrected chi connectivity index (χ3v) is 7.01. The van der Waals surface area contributed by atoms with Crippen LogP contribution in [0.25, 0.3) is 11.7 Å². The average Bonchev–Trinajstić information content (AvgIpc) is 3.44. The second-order valence-corrected chi connectivity index (χ2v) is 9.55. The minimum atomic E-state index is -0.249. The lowest BCUT2D eigenvalue weighted by Gasteiger charge is -2.18. The molecule has 0 radical (unpaired) electrons. The van der Waals surface area contributed by atoms with E-state index in [4.69, 9.17) is 17.0 Å². The van der Waals surface area contributed by atoms with Gasteiger partial charge in [0.25, 0.3) is 11.5 Å². The minimum Gasteiger partial charge on any atom is -0.376 e. The van der Waals surface area contributed by atoms with Gasteiger partial charge in [-0.15, -0.1) is 0 Å². The highest BCUT2D eigenvalue weighted by Crippen LogP contribution is 2.34. The summed E-state index contributed by atoms with van der Waals surface area (Å²) in [6.45, 7) is 1.65. The lowest BCUT2D eigenvalue weighted by Crippen LogP contribution is -2.35. The van der Waals surface area contributed by atoms with Crippen molar-refractivity contribution >= 4 is 51.7 Å². The quantitative estimate of drug-likeness (QED) is 0.428. The number of pyridine rings is 1. The van der Waals surface area contributed by atoms with Crippen LogP contribution in [0, 0.1) is 0 Å². The van der Waals surface area contributed by atoms with Crippen LogP contribution in [0.1, 0.15) is 24.0 Å². The number of aromatic nitrogens is 2. The lowest BCUT2D eigenvalue weighted by atomic mass is 10.2. The number of thioether (sulfide) groups is 1. The first-order valence-corrected chi connectivity index (χ1v) is 12.0. The van der Waals surface area contributed by atoms with Crippen LogP contribution in [-0.2, 0) is 16.1 Å². The van der Waals surface area contributed by atoms with Crippen molar-refractivity contribution in [2.75, 3.05) is 18.5 Å². The Morgan fingerprint density at radius 2 is 2.00 bits per heavy atom. The van der Waals surface area contributed by atoms with Crippen LogP contribution in [0.2, 0.25) is 0 Å². The van der Waals surface area contributed by atoms with E-state index in [0.29, 0.717) is 46.0 Å². The Kier molecular flexibility index (Phi) is 6.26. The predicted octanol–water partition coefficient (Wildman–Crippen LogP) is 3.69. The summed E-state index contributed by atoms with van der Waals surface area (Å²) in [7, 11) is 0. The summed E-state index contributed by atoms with van der Waals surface area (Å²) in [5, 5.41) is 3.28. The predicted molar refractivity (Wildman–Crippen MR) is 134 cm³/mol. The van der Waals surface area contributed by atoms with Gasteiger partial charge in [0.1, 0.15) is 15.8 Å². The molecule has 168 valence electrons. The van der Waals surface area contributed by atoms with Crippen molar-refractivity contribution in [1.29, 1.82) is 0 Å². The maximum atomic E-state index is 13.3. The number of amides is 1. The molecule has 1 amide bonds. The summed E-state index contributed by atoms with van der Waals surface area (Å²) >= 11 is 6.67.